The Hall–Kier alpha value is -1.06. The minimum atomic E-state index is 0. The Morgan fingerprint density at radius 1 is 1.14 bits per heavy atom. The van der Waals surface area contributed by atoms with Gasteiger partial charge in [0.1, 0.15) is 5.75 Å². The van der Waals surface area contributed by atoms with Crippen LogP contribution in [0.1, 0.15) is 44.7 Å². The van der Waals surface area contributed by atoms with Crippen LogP contribution in [0.15, 0.2) is 29.3 Å². The fraction of sp³-hybridized carbons (Fsp3) is 0.682. The first-order chi connectivity index (χ1) is 13.4. The van der Waals surface area contributed by atoms with Crippen molar-refractivity contribution in [1.82, 2.24) is 20.4 Å². The van der Waals surface area contributed by atoms with Crippen LogP contribution in [0.2, 0.25) is 0 Å². The molecular weight excluding hydrogens is 477 g/mol. The lowest BCUT2D eigenvalue weighted by Gasteiger charge is -2.41. The summed E-state index contributed by atoms with van der Waals surface area (Å²) in [6.45, 7) is 8.68. The molecule has 0 saturated carbocycles. The molecule has 0 spiro atoms. The molecule has 29 heavy (non-hydrogen) atoms. The molecule has 0 aromatic heterocycles. The number of nitrogens with one attached hydrogen (secondary N) is 2. The quantitative estimate of drug-likeness (QED) is 0.315. The lowest BCUT2D eigenvalue weighted by Crippen LogP contribution is -2.55. The van der Waals surface area contributed by atoms with E-state index in [2.05, 4.69) is 65.5 Å². The van der Waals surface area contributed by atoms with Crippen LogP contribution in [0.5, 0.6) is 5.75 Å². The summed E-state index contributed by atoms with van der Waals surface area (Å²) < 4.78 is 5.28. The van der Waals surface area contributed by atoms with Gasteiger partial charge in [0.2, 0.25) is 0 Å². The van der Waals surface area contributed by atoms with E-state index in [0.29, 0.717) is 0 Å². The van der Waals surface area contributed by atoms with Crippen molar-refractivity contribution in [2.24, 2.45) is 4.99 Å². The molecule has 0 amide bonds. The molecule has 6 nitrogen and oxygen atoms in total. The minimum Gasteiger partial charge on any atom is -0.497 e. The molecule has 0 aliphatic carbocycles. The van der Waals surface area contributed by atoms with Crippen LogP contribution in [0, 0.1) is 0 Å². The maximum absolute atomic E-state index is 5.28. The van der Waals surface area contributed by atoms with Crippen LogP contribution >= 0.6 is 24.0 Å². The van der Waals surface area contributed by atoms with Crippen LogP contribution in [-0.4, -0.2) is 75.7 Å². The first kappa shape index (κ1) is 26.0. The van der Waals surface area contributed by atoms with E-state index in [-0.39, 0.29) is 35.6 Å². The molecule has 1 aromatic rings. The first-order valence-electron chi connectivity index (χ1n) is 10.4. The fourth-order valence-electron chi connectivity index (χ4n) is 3.75. The van der Waals surface area contributed by atoms with Gasteiger partial charge >= 0.3 is 0 Å². The summed E-state index contributed by atoms with van der Waals surface area (Å²) in [4.78, 5) is 9.24. The van der Waals surface area contributed by atoms with E-state index in [1.165, 1.54) is 37.9 Å². The van der Waals surface area contributed by atoms with E-state index in [4.69, 9.17) is 4.74 Å². The van der Waals surface area contributed by atoms with Gasteiger partial charge < -0.3 is 20.3 Å². The van der Waals surface area contributed by atoms with Gasteiger partial charge in [0, 0.05) is 25.7 Å². The SMILES string of the molecule is CN=C(NCC(c1ccc(OC)cc1)N(C)C)NCC(C)(C)N1CCCCC1.I. The molecular formula is C22H40IN5O. The summed E-state index contributed by atoms with van der Waals surface area (Å²) in [5, 5.41) is 7.03. The van der Waals surface area contributed by atoms with Crippen LogP contribution < -0.4 is 15.4 Å². The molecule has 7 heteroatoms. The van der Waals surface area contributed by atoms with Gasteiger partial charge in [-0.2, -0.15) is 0 Å². The molecule has 1 aliphatic heterocycles. The number of piperidine rings is 1. The largest absolute Gasteiger partial charge is 0.497 e. The average molecular weight is 518 g/mol. The van der Waals surface area contributed by atoms with Crippen molar-refractivity contribution in [2.75, 3.05) is 54.4 Å². The number of guanidine groups is 1. The molecule has 1 fully saturated rings. The number of rotatable bonds is 8. The predicted molar refractivity (Wildman–Crippen MR) is 134 cm³/mol. The van der Waals surface area contributed by atoms with Gasteiger partial charge in [-0.05, 0) is 71.6 Å². The fourth-order valence-corrected chi connectivity index (χ4v) is 3.75. The van der Waals surface area contributed by atoms with Crippen LogP contribution in [0.4, 0.5) is 0 Å². The Labute approximate surface area is 194 Å². The summed E-state index contributed by atoms with van der Waals surface area (Å²) in [5.74, 6) is 1.73. The molecule has 0 bridgehead atoms. The first-order valence-corrected chi connectivity index (χ1v) is 10.4. The van der Waals surface area contributed by atoms with E-state index in [0.717, 1.165) is 24.8 Å². The molecule has 2 N–H and O–H groups in total. The highest BCUT2D eigenvalue weighted by Crippen LogP contribution is 2.21. The Morgan fingerprint density at radius 2 is 1.76 bits per heavy atom. The zero-order chi connectivity index (χ0) is 20.6. The maximum Gasteiger partial charge on any atom is 0.191 e. The van der Waals surface area contributed by atoms with Crippen molar-refractivity contribution < 1.29 is 4.74 Å². The topological polar surface area (TPSA) is 52.1 Å². The molecule has 2 rings (SSSR count). The number of halogens is 1. The van der Waals surface area contributed by atoms with E-state index in [1.54, 1.807) is 7.11 Å². The molecule has 1 heterocycles. The monoisotopic (exact) mass is 517 g/mol. The second-order valence-corrected chi connectivity index (χ2v) is 8.42. The van der Waals surface area contributed by atoms with E-state index < -0.39 is 0 Å². The third kappa shape index (κ3) is 7.94. The number of methoxy groups -OCH3 is 1. The molecule has 1 atom stereocenters. The molecule has 0 radical (unpaired) electrons. The van der Waals surface area contributed by atoms with Gasteiger partial charge in [-0.3, -0.25) is 9.89 Å². The zero-order valence-electron chi connectivity index (χ0n) is 19.0. The van der Waals surface area contributed by atoms with Crippen molar-refractivity contribution >= 4 is 29.9 Å². The van der Waals surface area contributed by atoms with E-state index in [9.17, 15) is 0 Å². The summed E-state index contributed by atoms with van der Waals surface area (Å²) in [6, 6.07) is 8.53. The standard InChI is InChI=1S/C22H39N5O.HI/c1-22(2,27-14-8-7-9-15-27)17-25-21(23-3)24-16-20(26(4)5)18-10-12-19(28-6)13-11-18;/h10-13,20H,7-9,14-17H2,1-6H3,(H2,23,24,25);1H. The van der Waals surface area contributed by atoms with Gasteiger partial charge in [0.05, 0.1) is 13.2 Å². The van der Waals surface area contributed by atoms with Crippen LogP contribution in [0.3, 0.4) is 0 Å². The third-order valence-electron chi connectivity index (χ3n) is 5.71. The average Bonchev–Trinajstić information content (AvgIpc) is 2.71. The van der Waals surface area contributed by atoms with E-state index >= 15 is 0 Å². The number of hydrogen-bond acceptors (Lipinski definition) is 4. The Bertz CT molecular complexity index is 612. The summed E-state index contributed by atoms with van der Waals surface area (Å²) >= 11 is 0. The van der Waals surface area contributed by atoms with Crippen molar-refractivity contribution in [1.29, 1.82) is 0 Å². The highest BCUT2D eigenvalue weighted by atomic mass is 127. The summed E-state index contributed by atoms with van der Waals surface area (Å²) in [7, 11) is 7.74. The van der Waals surface area contributed by atoms with Crippen molar-refractivity contribution in [3.8, 4) is 5.75 Å². The lowest BCUT2D eigenvalue weighted by atomic mass is 9.98. The van der Waals surface area contributed by atoms with Gasteiger partial charge in [0.25, 0.3) is 0 Å². The second-order valence-electron chi connectivity index (χ2n) is 8.42. The highest BCUT2D eigenvalue weighted by Gasteiger charge is 2.28. The molecule has 1 aromatic carbocycles. The van der Waals surface area contributed by atoms with E-state index in [1.807, 2.05) is 19.2 Å². The maximum atomic E-state index is 5.28. The van der Waals surface area contributed by atoms with Crippen LogP contribution in [0.25, 0.3) is 0 Å². The number of nitrogens with zero attached hydrogens (tertiary/aromatic N) is 3. The number of likely N-dealkylation sites (tertiary alicyclic amines) is 1. The van der Waals surface area contributed by atoms with Gasteiger partial charge in [0.15, 0.2) is 5.96 Å². The smallest absolute Gasteiger partial charge is 0.191 e. The minimum absolute atomic E-state index is 0. The number of aliphatic imine (C=N–C) groups is 1. The lowest BCUT2D eigenvalue weighted by molar-refractivity contribution is 0.0982. The second kappa shape index (κ2) is 12.6. The highest BCUT2D eigenvalue weighted by molar-refractivity contribution is 14.0. The Kier molecular flexibility index (Phi) is 11.3. The molecule has 166 valence electrons. The van der Waals surface area contributed by atoms with Gasteiger partial charge in [-0.25, -0.2) is 0 Å². The number of ether oxygens (including phenoxy) is 1. The predicted octanol–water partition coefficient (Wildman–Crippen LogP) is 3.35. The normalized spacial score (nSPS) is 16.9. The third-order valence-corrected chi connectivity index (χ3v) is 5.71. The van der Waals surface area contributed by atoms with Crippen LogP contribution in [-0.2, 0) is 0 Å². The molecule has 1 unspecified atom stereocenters. The number of benzene rings is 1. The van der Waals surface area contributed by atoms with Crippen molar-refractivity contribution in [3.05, 3.63) is 29.8 Å². The molecule has 1 aliphatic rings. The Morgan fingerprint density at radius 3 is 2.28 bits per heavy atom. The van der Waals surface area contributed by atoms with Crippen molar-refractivity contribution in [2.45, 2.75) is 44.7 Å². The number of hydrogen-bond donors (Lipinski definition) is 2. The molecule has 1 saturated heterocycles. The Balaban J connectivity index is 0.00000420. The number of likely N-dealkylation sites (N-methyl/N-ethyl adjacent to an activating group) is 1. The van der Waals surface area contributed by atoms with Gasteiger partial charge in [-0.1, -0.05) is 18.6 Å². The van der Waals surface area contributed by atoms with Gasteiger partial charge in [-0.15, -0.1) is 24.0 Å². The summed E-state index contributed by atoms with van der Waals surface area (Å²) in [5.41, 5.74) is 1.37. The zero-order valence-corrected chi connectivity index (χ0v) is 21.3. The summed E-state index contributed by atoms with van der Waals surface area (Å²) in [6.07, 6.45) is 3.98. The van der Waals surface area contributed by atoms with Crippen molar-refractivity contribution in [3.63, 3.8) is 0 Å².